The molecule has 314 valence electrons. The Morgan fingerprint density at radius 2 is 1.71 bits per heavy atom. The SMILES string of the molecule is CC1(C)CCCc2cccc(c2)-c2nn(nc2-c2ccccc2)[C@@H]2C[C@@H](C(=O)N[C@]3(C(=O)NS(=O)(=O)C4CC4)C[C@H]3C(F)F)N(C2)C(=O)[C@H](C(C)(C)C)Nc2nc1cs2. The number of amides is 3. The van der Waals surface area contributed by atoms with Crippen molar-refractivity contribution >= 4 is 44.2 Å². The van der Waals surface area contributed by atoms with Crippen LogP contribution in [-0.2, 0) is 36.2 Å². The van der Waals surface area contributed by atoms with Gasteiger partial charge in [-0.3, -0.25) is 19.1 Å². The molecule has 2 aromatic heterocycles. The Kier molecular flexibility index (Phi) is 10.5. The number of carbonyl (C=O) groups is 3. The van der Waals surface area contributed by atoms with Crippen molar-refractivity contribution in [3.8, 4) is 22.5 Å². The first kappa shape index (κ1) is 41.0. The van der Waals surface area contributed by atoms with E-state index >= 15 is 4.79 Å². The van der Waals surface area contributed by atoms with Crippen LogP contribution in [0.3, 0.4) is 0 Å². The van der Waals surface area contributed by atoms with Gasteiger partial charge >= 0.3 is 0 Å². The Bertz CT molecular complexity index is 2380. The quantitative estimate of drug-likeness (QED) is 0.199. The molecule has 4 heterocycles. The molecular formula is C42H50F2N8O5S2. The van der Waals surface area contributed by atoms with Crippen molar-refractivity contribution in [3.05, 3.63) is 71.2 Å². The van der Waals surface area contributed by atoms with Crippen LogP contribution in [0.5, 0.6) is 0 Å². The molecular weight excluding hydrogens is 799 g/mol. The molecule has 2 saturated carbocycles. The second-order valence-corrected chi connectivity index (χ2v) is 21.0. The van der Waals surface area contributed by atoms with E-state index in [0.717, 1.165) is 41.6 Å². The summed E-state index contributed by atoms with van der Waals surface area (Å²) in [7, 11) is -4.11. The highest BCUT2D eigenvalue weighted by atomic mass is 32.2. The number of carbonyl (C=O) groups excluding carboxylic acids is 3. The van der Waals surface area contributed by atoms with E-state index in [1.165, 1.54) is 21.0 Å². The number of fused-ring (bicyclic) bond motifs is 10. The van der Waals surface area contributed by atoms with E-state index in [-0.39, 0.29) is 18.4 Å². The number of alkyl halides is 2. The summed E-state index contributed by atoms with van der Waals surface area (Å²) >= 11 is 1.39. The molecule has 8 bridgehead atoms. The monoisotopic (exact) mass is 848 g/mol. The second kappa shape index (κ2) is 15.0. The maximum Gasteiger partial charge on any atom is 0.259 e. The van der Waals surface area contributed by atoms with Gasteiger partial charge in [0.25, 0.3) is 5.91 Å². The average Bonchev–Trinajstić information content (AvgIpc) is 3.99. The van der Waals surface area contributed by atoms with Crippen LogP contribution in [0.4, 0.5) is 13.9 Å². The zero-order valence-electron chi connectivity index (χ0n) is 33.7. The number of nitrogens with one attached hydrogen (secondary N) is 3. The van der Waals surface area contributed by atoms with E-state index in [9.17, 15) is 26.8 Å². The molecule has 2 aliphatic carbocycles. The van der Waals surface area contributed by atoms with Crippen molar-refractivity contribution in [3.63, 3.8) is 0 Å². The van der Waals surface area contributed by atoms with Crippen molar-refractivity contribution in [2.45, 2.75) is 120 Å². The summed E-state index contributed by atoms with van der Waals surface area (Å²) < 4.78 is 56.1. The predicted octanol–water partition coefficient (Wildman–Crippen LogP) is 6.10. The molecule has 1 saturated heterocycles. The number of benzene rings is 2. The molecule has 0 spiro atoms. The highest BCUT2D eigenvalue weighted by Crippen LogP contribution is 2.49. The van der Waals surface area contributed by atoms with Crippen LogP contribution in [0.1, 0.15) is 90.4 Å². The van der Waals surface area contributed by atoms with Gasteiger partial charge in [-0.25, -0.2) is 22.2 Å². The number of nitrogens with zero attached hydrogens (tertiary/aromatic N) is 5. The number of aromatic nitrogens is 4. The van der Waals surface area contributed by atoms with Gasteiger partial charge in [0.15, 0.2) is 5.13 Å². The Hall–Kier alpha value is -4.77. The minimum Gasteiger partial charge on any atom is -0.349 e. The van der Waals surface area contributed by atoms with E-state index in [1.807, 2.05) is 73.3 Å². The lowest BCUT2D eigenvalue weighted by Crippen LogP contribution is -2.59. The van der Waals surface area contributed by atoms with Gasteiger partial charge in [-0.15, -0.1) is 11.3 Å². The van der Waals surface area contributed by atoms with Crippen LogP contribution in [0, 0.1) is 11.3 Å². The van der Waals surface area contributed by atoms with Crippen LogP contribution in [0.2, 0.25) is 0 Å². The molecule has 0 radical (unpaired) electrons. The molecule has 0 unspecified atom stereocenters. The van der Waals surface area contributed by atoms with Crippen molar-refractivity contribution in [2.24, 2.45) is 11.3 Å². The Balaban J connectivity index is 1.21. The number of rotatable bonds is 7. The zero-order valence-corrected chi connectivity index (χ0v) is 35.4. The maximum absolute atomic E-state index is 15.0. The molecule has 2 aliphatic heterocycles. The lowest BCUT2D eigenvalue weighted by molar-refractivity contribution is -0.141. The summed E-state index contributed by atoms with van der Waals surface area (Å²) in [6.07, 6.45) is -0.171. The fraction of sp³-hybridized carbons (Fsp3) is 0.524. The van der Waals surface area contributed by atoms with Gasteiger partial charge in [0.1, 0.15) is 29.0 Å². The van der Waals surface area contributed by atoms with E-state index in [4.69, 9.17) is 15.2 Å². The van der Waals surface area contributed by atoms with Gasteiger partial charge < -0.3 is 15.5 Å². The number of sulfonamides is 1. The molecule has 3 amide bonds. The molecule has 59 heavy (non-hydrogen) atoms. The molecule has 17 heteroatoms. The molecule has 2 aromatic carbocycles. The minimum absolute atomic E-state index is 0.0101. The van der Waals surface area contributed by atoms with E-state index in [1.54, 1.807) is 0 Å². The Labute approximate surface area is 346 Å². The number of aryl methyl sites for hydroxylation is 1. The van der Waals surface area contributed by atoms with Crippen LogP contribution in [0.15, 0.2) is 60.0 Å². The molecule has 4 aliphatic rings. The third-order valence-electron chi connectivity index (χ3n) is 12.2. The normalized spacial score (nSPS) is 25.7. The topological polar surface area (TPSA) is 168 Å². The summed E-state index contributed by atoms with van der Waals surface area (Å²) in [5.41, 5.74) is 1.80. The van der Waals surface area contributed by atoms with Crippen molar-refractivity contribution in [1.82, 2.24) is 34.9 Å². The van der Waals surface area contributed by atoms with Crippen LogP contribution in [-0.4, -0.2) is 86.9 Å². The smallest absolute Gasteiger partial charge is 0.259 e. The van der Waals surface area contributed by atoms with Gasteiger partial charge in [-0.1, -0.05) is 83.1 Å². The summed E-state index contributed by atoms with van der Waals surface area (Å²) in [6.45, 7) is 9.99. The Morgan fingerprint density at radius 3 is 2.37 bits per heavy atom. The molecule has 3 N–H and O–H groups in total. The van der Waals surface area contributed by atoms with Gasteiger partial charge in [0.05, 0.1) is 22.9 Å². The number of thiazole rings is 1. The third-order valence-corrected chi connectivity index (χ3v) is 14.8. The van der Waals surface area contributed by atoms with E-state index < -0.39 is 80.8 Å². The van der Waals surface area contributed by atoms with Crippen LogP contribution >= 0.6 is 11.3 Å². The number of halogens is 2. The first-order chi connectivity index (χ1) is 27.9. The lowest BCUT2D eigenvalue weighted by Gasteiger charge is -2.35. The van der Waals surface area contributed by atoms with Crippen LogP contribution < -0.4 is 15.4 Å². The number of hydrogen-bond donors (Lipinski definition) is 3. The lowest BCUT2D eigenvalue weighted by atomic mass is 9.84. The fourth-order valence-corrected chi connectivity index (χ4v) is 10.6. The number of hydrogen-bond acceptors (Lipinski definition) is 10. The predicted molar refractivity (Wildman–Crippen MR) is 220 cm³/mol. The first-order valence-electron chi connectivity index (χ1n) is 20.2. The van der Waals surface area contributed by atoms with Crippen molar-refractivity contribution in [2.75, 3.05) is 11.9 Å². The first-order valence-corrected chi connectivity index (χ1v) is 22.6. The van der Waals surface area contributed by atoms with Crippen LogP contribution in [0.25, 0.3) is 22.5 Å². The molecule has 13 nitrogen and oxygen atoms in total. The summed E-state index contributed by atoms with van der Waals surface area (Å²) in [6, 6.07) is 15.0. The van der Waals surface area contributed by atoms with Gasteiger partial charge in [0.2, 0.25) is 28.3 Å². The fourth-order valence-electron chi connectivity index (χ4n) is 8.31. The molecule has 3 fully saturated rings. The zero-order chi connectivity index (χ0) is 42.1. The average molecular weight is 849 g/mol. The van der Waals surface area contributed by atoms with Crippen molar-refractivity contribution < 1.29 is 31.6 Å². The summed E-state index contributed by atoms with van der Waals surface area (Å²) in [5.74, 6) is -4.10. The highest BCUT2D eigenvalue weighted by Gasteiger charge is 2.67. The second-order valence-electron chi connectivity index (χ2n) is 18.2. The largest absolute Gasteiger partial charge is 0.349 e. The molecule has 5 atom stereocenters. The van der Waals surface area contributed by atoms with E-state index in [2.05, 4.69) is 36.6 Å². The van der Waals surface area contributed by atoms with Gasteiger partial charge in [0, 0.05) is 34.9 Å². The highest BCUT2D eigenvalue weighted by molar-refractivity contribution is 7.91. The minimum atomic E-state index is -4.11. The van der Waals surface area contributed by atoms with Crippen molar-refractivity contribution in [1.29, 1.82) is 0 Å². The number of anilines is 1. The van der Waals surface area contributed by atoms with Gasteiger partial charge in [-0.05, 0) is 55.6 Å². The van der Waals surface area contributed by atoms with Gasteiger partial charge in [-0.2, -0.15) is 15.0 Å². The molecule has 4 aromatic rings. The molecule has 8 rings (SSSR count). The summed E-state index contributed by atoms with van der Waals surface area (Å²) in [4.78, 5) is 51.0. The maximum atomic E-state index is 15.0. The Morgan fingerprint density at radius 1 is 1.02 bits per heavy atom. The standard InChI is InChI=1S/C42H50F2N8O5S2/c1-40(2,3)34-37(54)51-22-27(20-30(51)36(53)47-42(21-29(42)35(43)44)38(55)50-59(56,57)28-16-17-28)52-48-32(25-13-7-6-8-14-25)33(49-52)26-15-9-11-24(19-26)12-10-18-41(4,5)31-23-58-39(45-31)46-34/h6-9,11,13-15,19,23,27-30,34-35H,10,12,16-18,20-22H2,1-5H3,(H,45,46)(H,47,53)(H,50,55)/t27-,29+,30+,34-,42-/m1/s1. The van der Waals surface area contributed by atoms with E-state index in [0.29, 0.717) is 29.4 Å². The third kappa shape index (κ3) is 8.11. The summed E-state index contributed by atoms with van der Waals surface area (Å²) in [5, 5.41) is 17.7.